The molecular weight excluding hydrogens is 615 g/mol. The minimum Gasteiger partial charge on any atom is -0.311 e. The van der Waals surface area contributed by atoms with Crippen molar-refractivity contribution in [2.75, 3.05) is 9.80 Å². The van der Waals surface area contributed by atoms with Crippen molar-refractivity contribution in [1.29, 1.82) is 0 Å². The highest BCUT2D eigenvalue weighted by Crippen LogP contribution is 2.45. The monoisotopic (exact) mass is 656 g/mol. The van der Waals surface area contributed by atoms with Crippen LogP contribution < -0.4 is 26.2 Å². The van der Waals surface area contributed by atoms with Crippen molar-refractivity contribution < 1.29 is 0 Å². The SMILES string of the molecule is CC(C)(c1ccccc1)c1ccc(N2c3cc(C(C)(C)c4ccccc4)ccc3B3c4ccccc4N(c4ccccc4)c4cccc2c43)cc1. The zero-order chi connectivity index (χ0) is 34.7. The molecule has 2 aliphatic heterocycles. The first-order valence-corrected chi connectivity index (χ1v) is 18.1. The first kappa shape index (κ1) is 31.2. The van der Waals surface area contributed by atoms with E-state index in [-0.39, 0.29) is 17.5 Å². The molecule has 7 aromatic rings. The molecule has 9 rings (SSSR count). The van der Waals surface area contributed by atoms with Crippen molar-refractivity contribution in [3.8, 4) is 0 Å². The molecule has 2 nitrogen and oxygen atoms in total. The van der Waals surface area contributed by atoms with E-state index in [1.807, 2.05) is 0 Å². The van der Waals surface area contributed by atoms with Gasteiger partial charge in [0.15, 0.2) is 0 Å². The predicted molar refractivity (Wildman–Crippen MR) is 218 cm³/mol. The summed E-state index contributed by atoms with van der Waals surface area (Å²) in [5.74, 6) is 0. The van der Waals surface area contributed by atoms with Crippen molar-refractivity contribution in [1.82, 2.24) is 0 Å². The van der Waals surface area contributed by atoms with Crippen molar-refractivity contribution in [3.63, 3.8) is 0 Å². The van der Waals surface area contributed by atoms with Crippen LogP contribution in [-0.2, 0) is 10.8 Å². The number of hydrogen-bond donors (Lipinski definition) is 0. The molecule has 0 spiro atoms. The molecule has 0 unspecified atom stereocenters. The molecule has 0 amide bonds. The summed E-state index contributed by atoms with van der Waals surface area (Å²) in [6.07, 6.45) is 0. The summed E-state index contributed by atoms with van der Waals surface area (Å²) in [6.45, 7) is 9.43. The van der Waals surface area contributed by atoms with E-state index in [0.29, 0.717) is 0 Å². The van der Waals surface area contributed by atoms with Crippen LogP contribution in [0.15, 0.2) is 176 Å². The third kappa shape index (κ3) is 4.94. The molecule has 3 heteroatoms. The number of anilines is 6. The highest BCUT2D eigenvalue weighted by Gasteiger charge is 2.43. The first-order chi connectivity index (χ1) is 24.8. The lowest BCUT2D eigenvalue weighted by atomic mass is 9.33. The Kier molecular flexibility index (Phi) is 7.29. The van der Waals surface area contributed by atoms with Gasteiger partial charge in [0.25, 0.3) is 6.71 Å². The van der Waals surface area contributed by atoms with Crippen molar-refractivity contribution >= 4 is 57.2 Å². The Morgan fingerprint density at radius 3 is 1.41 bits per heavy atom. The minimum atomic E-state index is -0.178. The number of hydrogen-bond acceptors (Lipinski definition) is 2. The number of fused-ring (bicyclic) bond motifs is 4. The van der Waals surface area contributed by atoms with Gasteiger partial charge in [-0.1, -0.05) is 155 Å². The van der Waals surface area contributed by atoms with Gasteiger partial charge in [-0.2, -0.15) is 0 Å². The number of rotatable bonds is 6. The normalized spacial score (nSPS) is 13.4. The topological polar surface area (TPSA) is 6.48 Å². The molecule has 0 saturated carbocycles. The largest absolute Gasteiger partial charge is 0.311 e. The highest BCUT2D eigenvalue weighted by atomic mass is 15.2. The van der Waals surface area contributed by atoms with Crippen molar-refractivity contribution in [2.24, 2.45) is 0 Å². The van der Waals surface area contributed by atoms with E-state index in [2.05, 4.69) is 213 Å². The summed E-state index contributed by atoms with van der Waals surface area (Å²) in [7, 11) is 0. The molecule has 0 N–H and O–H groups in total. The zero-order valence-electron chi connectivity index (χ0n) is 29.7. The smallest absolute Gasteiger partial charge is 0.252 e. The van der Waals surface area contributed by atoms with E-state index < -0.39 is 0 Å². The van der Waals surface area contributed by atoms with Gasteiger partial charge in [-0.3, -0.25) is 0 Å². The van der Waals surface area contributed by atoms with Crippen LogP contribution in [-0.4, -0.2) is 6.71 Å². The zero-order valence-corrected chi connectivity index (χ0v) is 29.7. The van der Waals surface area contributed by atoms with Crippen LogP contribution in [0.3, 0.4) is 0 Å². The number of para-hydroxylation sites is 2. The van der Waals surface area contributed by atoms with Crippen LogP contribution in [0, 0.1) is 0 Å². The second-order valence-electron chi connectivity index (χ2n) is 15.0. The lowest BCUT2D eigenvalue weighted by Crippen LogP contribution is -2.61. The molecule has 0 aromatic heterocycles. The minimum absolute atomic E-state index is 0.101. The second-order valence-corrected chi connectivity index (χ2v) is 15.0. The summed E-state index contributed by atoms with van der Waals surface area (Å²) >= 11 is 0. The first-order valence-electron chi connectivity index (χ1n) is 18.1. The predicted octanol–water partition coefficient (Wildman–Crippen LogP) is 10.4. The summed E-state index contributed by atoms with van der Waals surface area (Å²) < 4.78 is 0. The Morgan fingerprint density at radius 1 is 0.353 bits per heavy atom. The van der Waals surface area contributed by atoms with Crippen LogP contribution in [0.25, 0.3) is 0 Å². The molecule has 2 heterocycles. The van der Waals surface area contributed by atoms with Crippen molar-refractivity contribution in [3.05, 3.63) is 198 Å². The lowest BCUT2D eigenvalue weighted by molar-refractivity contribution is 0.640. The Hall–Kier alpha value is -5.80. The van der Waals surface area contributed by atoms with Gasteiger partial charge in [0.05, 0.1) is 0 Å². The van der Waals surface area contributed by atoms with Gasteiger partial charge in [0.2, 0.25) is 0 Å². The van der Waals surface area contributed by atoms with Gasteiger partial charge in [-0.05, 0) is 87.2 Å². The fourth-order valence-corrected chi connectivity index (χ4v) is 8.47. The standard InChI is InChI=1S/C48H41BN2/c1-47(2,34-17-8-5-9-18-34)36-27-30-39(31-28-36)51-44-26-16-25-43-46(44)49(40-23-14-15-24-42(40)50(43)38-21-12-7-13-22-38)41-32-29-37(33-45(41)51)48(3,4)35-19-10-6-11-20-35/h5-33H,1-4H3. The van der Waals surface area contributed by atoms with Gasteiger partial charge in [0, 0.05) is 45.0 Å². The van der Waals surface area contributed by atoms with E-state index in [1.54, 1.807) is 0 Å². The molecular formula is C48H41BN2. The average molecular weight is 657 g/mol. The van der Waals surface area contributed by atoms with Gasteiger partial charge >= 0.3 is 0 Å². The summed E-state index contributed by atoms with van der Waals surface area (Å²) in [5.41, 5.74) is 16.2. The third-order valence-electron chi connectivity index (χ3n) is 11.5. The van der Waals surface area contributed by atoms with E-state index >= 15 is 0 Å². The number of benzene rings is 7. The van der Waals surface area contributed by atoms with Gasteiger partial charge in [-0.25, -0.2) is 0 Å². The van der Waals surface area contributed by atoms with Crippen LogP contribution in [0.5, 0.6) is 0 Å². The molecule has 0 radical (unpaired) electrons. The Labute approximate surface area is 302 Å². The van der Waals surface area contributed by atoms with Crippen LogP contribution in [0.4, 0.5) is 34.1 Å². The molecule has 0 atom stereocenters. The average Bonchev–Trinajstić information content (AvgIpc) is 3.18. The van der Waals surface area contributed by atoms with Crippen LogP contribution >= 0.6 is 0 Å². The fourth-order valence-electron chi connectivity index (χ4n) is 8.47. The molecule has 0 bridgehead atoms. The summed E-state index contributed by atoms with van der Waals surface area (Å²) in [6, 6.07) is 64.9. The molecule has 0 fully saturated rings. The maximum absolute atomic E-state index is 2.52. The lowest BCUT2D eigenvalue weighted by Gasteiger charge is -2.44. The number of nitrogens with zero attached hydrogens (tertiary/aromatic N) is 2. The third-order valence-corrected chi connectivity index (χ3v) is 11.5. The summed E-state index contributed by atoms with van der Waals surface area (Å²) in [4.78, 5) is 4.97. The molecule has 7 aromatic carbocycles. The Balaban J connectivity index is 1.27. The Bertz CT molecular complexity index is 2360. The van der Waals surface area contributed by atoms with E-state index in [0.717, 1.165) is 5.69 Å². The van der Waals surface area contributed by atoms with Crippen LogP contribution in [0.1, 0.15) is 49.9 Å². The van der Waals surface area contributed by atoms with Gasteiger partial charge in [-0.15, -0.1) is 0 Å². The summed E-state index contributed by atoms with van der Waals surface area (Å²) in [5, 5.41) is 0. The Morgan fingerprint density at radius 2 is 0.784 bits per heavy atom. The van der Waals surface area contributed by atoms with Crippen molar-refractivity contribution in [2.45, 2.75) is 38.5 Å². The molecule has 0 aliphatic carbocycles. The van der Waals surface area contributed by atoms with E-state index in [1.165, 1.54) is 67.1 Å². The molecule has 0 saturated heterocycles. The highest BCUT2D eigenvalue weighted by molar-refractivity contribution is 7.00. The van der Waals surface area contributed by atoms with E-state index in [9.17, 15) is 0 Å². The quantitative estimate of drug-likeness (QED) is 0.164. The maximum atomic E-state index is 2.52. The second kappa shape index (κ2) is 11.9. The fraction of sp³-hybridized carbons (Fsp3) is 0.125. The molecule has 2 aliphatic rings. The van der Waals surface area contributed by atoms with E-state index in [4.69, 9.17) is 0 Å². The van der Waals surface area contributed by atoms with Crippen LogP contribution in [0.2, 0.25) is 0 Å². The van der Waals surface area contributed by atoms with Gasteiger partial charge in [0.1, 0.15) is 0 Å². The molecule has 246 valence electrons. The van der Waals surface area contributed by atoms with Gasteiger partial charge < -0.3 is 9.80 Å². The molecule has 51 heavy (non-hydrogen) atoms. The maximum Gasteiger partial charge on any atom is 0.252 e.